The number of thiophene rings is 1. The number of nitrogens with one attached hydrogen (secondary N) is 1. The van der Waals surface area contributed by atoms with Gasteiger partial charge in [-0.15, -0.1) is 11.3 Å². The number of piperazine rings is 1. The first-order valence-electron chi connectivity index (χ1n) is 6.44. The minimum atomic E-state index is -0.658. The molecule has 0 aromatic carbocycles. The van der Waals surface area contributed by atoms with Gasteiger partial charge in [-0.05, 0) is 7.05 Å². The van der Waals surface area contributed by atoms with Crippen molar-refractivity contribution in [2.45, 2.75) is 0 Å². The molecule has 1 aromatic rings. The minimum absolute atomic E-state index is 0.0657. The average molecular weight is 313 g/mol. The Hall–Kier alpha value is -1.84. The van der Waals surface area contributed by atoms with Crippen LogP contribution in [0.4, 0.5) is 10.7 Å². The first-order chi connectivity index (χ1) is 9.93. The van der Waals surface area contributed by atoms with Crippen molar-refractivity contribution in [3.05, 3.63) is 10.4 Å². The lowest BCUT2D eigenvalue weighted by molar-refractivity contribution is 0.0603. The number of ether oxygens (including phenoxy) is 1. The van der Waals surface area contributed by atoms with Crippen molar-refractivity contribution in [3.8, 4) is 0 Å². The second kappa shape index (κ2) is 6.29. The molecule has 1 aromatic heterocycles. The van der Waals surface area contributed by atoms with E-state index in [1.54, 1.807) is 0 Å². The van der Waals surface area contributed by atoms with Crippen LogP contribution in [0.15, 0.2) is 0 Å². The molecule has 2 rings (SSSR count). The molecular formula is C12H19N5O3S. The molecule has 1 saturated heterocycles. The fourth-order valence-electron chi connectivity index (χ4n) is 2.07. The van der Waals surface area contributed by atoms with Crippen LogP contribution in [0, 0.1) is 0 Å². The van der Waals surface area contributed by atoms with Crippen LogP contribution in [-0.4, -0.2) is 62.1 Å². The Morgan fingerprint density at radius 1 is 1.29 bits per heavy atom. The number of hydrazine groups is 1. The predicted octanol–water partition coefficient (Wildman–Crippen LogP) is -0.210. The zero-order chi connectivity index (χ0) is 15.6. The van der Waals surface area contributed by atoms with E-state index in [2.05, 4.69) is 10.3 Å². The molecule has 21 heavy (non-hydrogen) atoms. The van der Waals surface area contributed by atoms with E-state index in [-0.39, 0.29) is 16.1 Å². The maximum atomic E-state index is 11.9. The smallest absolute Gasteiger partial charge is 0.343 e. The van der Waals surface area contributed by atoms with Crippen LogP contribution >= 0.6 is 11.3 Å². The van der Waals surface area contributed by atoms with E-state index >= 15 is 0 Å². The van der Waals surface area contributed by atoms with Gasteiger partial charge in [-0.2, -0.15) is 0 Å². The Kier molecular flexibility index (Phi) is 4.66. The lowest BCUT2D eigenvalue weighted by Crippen LogP contribution is -2.47. The van der Waals surface area contributed by atoms with Gasteiger partial charge < -0.3 is 26.5 Å². The molecule has 2 heterocycles. The van der Waals surface area contributed by atoms with Crippen LogP contribution < -0.4 is 16.9 Å². The van der Waals surface area contributed by atoms with Gasteiger partial charge in [-0.25, -0.2) is 9.80 Å². The Labute approximate surface area is 126 Å². The van der Waals surface area contributed by atoms with E-state index in [1.807, 2.05) is 12.1 Å². The summed E-state index contributed by atoms with van der Waals surface area (Å²) in [5, 5.41) is 2.46. The van der Waals surface area contributed by atoms with Gasteiger partial charge in [0.1, 0.15) is 15.4 Å². The van der Waals surface area contributed by atoms with Crippen molar-refractivity contribution in [2.24, 2.45) is 5.73 Å². The highest BCUT2D eigenvalue weighted by atomic mass is 32.1. The monoisotopic (exact) mass is 313 g/mol. The summed E-state index contributed by atoms with van der Waals surface area (Å²) in [5.74, 6) is -1.25. The molecule has 0 bridgehead atoms. The van der Waals surface area contributed by atoms with Gasteiger partial charge in [0.05, 0.1) is 12.8 Å². The normalized spacial score (nSPS) is 16.7. The number of carbonyl (C=O) groups is 2. The summed E-state index contributed by atoms with van der Waals surface area (Å²) < 4.78 is 4.73. The van der Waals surface area contributed by atoms with Crippen LogP contribution in [0.25, 0.3) is 0 Å². The number of hydrogen-bond acceptors (Lipinski definition) is 8. The number of methoxy groups -OCH3 is 1. The lowest BCUT2D eigenvalue weighted by Gasteiger charge is -2.32. The number of amides is 1. The second-order valence-electron chi connectivity index (χ2n) is 4.81. The third-order valence-corrected chi connectivity index (χ3v) is 4.45. The number of nitrogens with two attached hydrogens (primary N) is 2. The molecule has 0 radical (unpaired) electrons. The molecule has 1 fully saturated rings. The molecule has 0 atom stereocenters. The van der Waals surface area contributed by atoms with Crippen LogP contribution in [0.3, 0.4) is 0 Å². The Morgan fingerprint density at radius 2 is 1.90 bits per heavy atom. The number of rotatable bonds is 4. The quantitative estimate of drug-likeness (QED) is 0.659. The summed E-state index contributed by atoms with van der Waals surface area (Å²) in [6, 6.07) is 0. The van der Waals surface area contributed by atoms with Crippen molar-refractivity contribution < 1.29 is 14.3 Å². The van der Waals surface area contributed by atoms with E-state index in [4.69, 9.17) is 16.2 Å². The van der Waals surface area contributed by atoms with Crippen molar-refractivity contribution in [2.75, 3.05) is 51.5 Å². The number of likely N-dealkylation sites (N-methyl/N-ethyl adjacent to an activating group) is 1. The summed E-state index contributed by atoms with van der Waals surface area (Å²) in [5.41, 5.74) is 14.5. The molecule has 8 nitrogen and oxygen atoms in total. The van der Waals surface area contributed by atoms with Gasteiger partial charge in [-0.3, -0.25) is 4.79 Å². The Morgan fingerprint density at radius 3 is 2.43 bits per heavy atom. The number of esters is 1. The molecule has 0 spiro atoms. The van der Waals surface area contributed by atoms with Crippen LogP contribution in [0.2, 0.25) is 0 Å². The van der Waals surface area contributed by atoms with Crippen molar-refractivity contribution >= 4 is 33.9 Å². The molecule has 1 aliphatic heterocycles. The van der Waals surface area contributed by atoms with Crippen LogP contribution in [0.1, 0.15) is 20.0 Å². The number of carbonyl (C=O) groups excluding carboxylic acids is 2. The molecule has 5 N–H and O–H groups in total. The molecule has 0 aliphatic carbocycles. The molecule has 116 valence electrons. The number of nitrogens with zero attached hydrogens (tertiary/aromatic N) is 2. The fourth-order valence-corrected chi connectivity index (χ4v) is 3.06. The van der Waals surface area contributed by atoms with Crippen molar-refractivity contribution in [1.82, 2.24) is 9.91 Å². The molecule has 0 saturated carbocycles. The zero-order valence-electron chi connectivity index (χ0n) is 12.0. The Bertz CT molecular complexity index is 551. The van der Waals surface area contributed by atoms with Gasteiger partial charge in [0.25, 0.3) is 5.91 Å². The first kappa shape index (κ1) is 15.5. The summed E-state index contributed by atoms with van der Waals surface area (Å²) in [6.07, 6.45) is 0. The fraction of sp³-hybridized carbons (Fsp3) is 0.500. The summed E-state index contributed by atoms with van der Waals surface area (Å²) >= 11 is 1.07. The maximum absolute atomic E-state index is 11.9. The van der Waals surface area contributed by atoms with E-state index in [0.29, 0.717) is 5.00 Å². The molecule has 1 amide bonds. The third kappa shape index (κ3) is 3.26. The van der Waals surface area contributed by atoms with Gasteiger partial charge in [0.15, 0.2) is 0 Å². The van der Waals surface area contributed by atoms with Gasteiger partial charge >= 0.3 is 5.97 Å². The third-order valence-electron chi connectivity index (χ3n) is 3.32. The molecular weight excluding hydrogens is 294 g/mol. The lowest BCUT2D eigenvalue weighted by atomic mass is 10.2. The van der Waals surface area contributed by atoms with Crippen molar-refractivity contribution in [3.63, 3.8) is 0 Å². The summed E-state index contributed by atoms with van der Waals surface area (Å²) in [7, 11) is 3.31. The number of primary amides is 1. The van der Waals surface area contributed by atoms with Crippen LogP contribution in [0.5, 0.6) is 0 Å². The van der Waals surface area contributed by atoms with Gasteiger partial charge in [0.2, 0.25) is 0 Å². The summed E-state index contributed by atoms with van der Waals surface area (Å²) in [4.78, 5) is 25.6. The second-order valence-corrected chi connectivity index (χ2v) is 5.83. The molecule has 1 aliphatic rings. The van der Waals surface area contributed by atoms with Crippen LogP contribution in [-0.2, 0) is 4.74 Å². The predicted molar refractivity (Wildman–Crippen MR) is 81.3 cm³/mol. The minimum Gasteiger partial charge on any atom is -0.465 e. The topological polar surface area (TPSA) is 114 Å². The molecule has 0 unspecified atom stereocenters. The van der Waals surface area contributed by atoms with E-state index < -0.39 is 11.9 Å². The van der Waals surface area contributed by atoms with E-state index in [1.165, 1.54) is 7.11 Å². The van der Waals surface area contributed by atoms with E-state index in [9.17, 15) is 9.59 Å². The number of nitrogen functional groups attached to an aromatic ring is 1. The number of anilines is 2. The standard InChI is InChI=1S/C12H19N5O3S/c1-16-3-5-17(6-4-16)15-11-7(12(19)20-2)8(13)9(21-11)10(14)18/h15H,3-6,13H2,1-2H3,(H2,14,18). The SMILES string of the molecule is COC(=O)c1c(NN2CCN(C)CC2)sc(C(N)=O)c1N. The highest BCUT2D eigenvalue weighted by Crippen LogP contribution is 2.36. The zero-order valence-corrected chi connectivity index (χ0v) is 12.8. The average Bonchev–Trinajstić information content (AvgIpc) is 2.77. The van der Waals surface area contributed by atoms with Gasteiger partial charge in [-0.1, -0.05) is 0 Å². The molecule has 9 heteroatoms. The summed E-state index contributed by atoms with van der Waals surface area (Å²) in [6.45, 7) is 3.40. The van der Waals surface area contributed by atoms with Crippen molar-refractivity contribution in [1.29, 1.82) is 0 Å². The highest BCUT2D eigenvalue weighted by molar-refractivity contribution is 7.19. The van der Waals surface area contributed by atoms with E-state index in [0.717, 1.165) is 37.5 Å². The first-order valence-corrected chi connectivity index (χ1v) is 7.26. The highest BCUT2D eigenvalue weighted by Gasteiger charge is 2.26. The van der Waals surface area contributed by atoms with Gasteiger partial charge in [0, 0.05) is 26.2 Å². The Balaban J connectivity index is 2.27. The maximum Gasteiger partial charge on any atom is 0.343 e. The largest absolute Gasteiger partial charge is 0.465 e. The number of hydrogen-bond donors (Lipinski definition) is 3.